The fourth-order valence-electron chi connectivity index (χ4n) is 1.45. The lowest BCUT2D eigenvalue weighted by atomic mass is 10.2. The van der Waals surface area contributed by atoms with Crippen LogP contribution in [0.15, 0.2) is 46.7 Å². The van der Waals surface area contributed by atoms with Crippen LogP contribution in [0.5, 0.6) is 0 Å². The first-order chi connectivity index (χ1) is 10.1. The van der Waals surface area contributed by atoms with Gasteiger partial charge in [-0.3, -0.25) is 9.56 Å². The largest absolute Gasteiger partial charge is 0.443 e. The Hall–Kier alpha value is -1.99. The summed E-state index contributed by atoms with van der Waals surface area (Å²) >= 11 is 7.00. The summed E-state index contributed by atoms with van der Waals surface area (Å²) in [7, 11) is 0. The Morgan fingerprint density at radius 1 is 1.52 bits per heavy atom. The van der Waals surface area contributed by atoms with Crippen molar-refractivity contribution < 1.29 is 9.63 Å². The van der Waals surface area contributed by atoms with E-state index in [4.69, 9.17) is 16.4 Å². The van der Waals surface area contributed by atoms with Crippen molar-refractivity contribution in [2.45, 2.75) is 18.7 Å². The molecule has 1 aromatic carbocycles. The van der Waals surface area contributed by atoms with Crippen LogP contribution in [-0.4, -0.2) is 21.7 Å². The third kappa shape index (κ3) is 4.51. The molecule has 110 valence electrons. The van der Waals surface area contributed by atoms with Crippen LogP contribution < -0.4 is 4.72 Å². The molecule has 2 aromatic rings. The van der Waals surface area contributed by atoms with Crippen LogP contribution in [0, 0.1) is 6.92 Å². The molecule has 0 saturated carbocycles. The van der Waals surface area contributed by atoms with E-state index in [-0.39, 0.29) is 0 Å². The van der Waals surface area contributed by atoms with Gasteiger partial charge in [0.1, 0.15) is 0 Å². The number of benzene rings is 1. The van der Waals surface area contributed by atoms with Gasteiger partial charge < -0.3 is 0 Å². The zero-order chi connectivity index (χ0) is 15.2. The van der Waals surface area contributed by atoms with E-state index in [2.05, 4.69) is 15.0 Å². The normalized spacial score (nSPS) is 11.3. The van der Waals surface area contributed by atoms with Crippen molar-refractivity contribution in [1.29, 1.82) is 0 Å². The number of nitrogens with one attached hydrogen (secondary N) is 1. The standard InChI is InChI=1S/C13H13ClN4O2S/c1-9-8-11(14)4-5-12(9)21-17-13(19)20-16-10(2)18-7-3-6-15-18/h3-8H,1-2H3,(H,17,19)/b16-10+. The predicted molar refractivity (Wildman–Crippen MR) is 82.4 cm³/mol. The first-order valence-corrected chi connectivity index (χ1v) is 7.20. The Bertz CT molecular complexity index is 658. The summed E-state index contributed by atoms with van der Waals surface area (Å²) in [6.45, 7) is 3.58. The molecule has 1 amide bonds. The van der Waals surface area contributed by atoms with Crippen LogP contribution in [-0.2, 0) is 4.84 Å². The van der Waals surface area contributed by atoms with E-state index in [9.17, 15) is 4.79 Å². The Balaban J connectivity index is 1.86. The fraction of sp³-hybridized carbons (Fsp3) is 0.154. The number of rotatable bonds is 3. The Labute approximate surface area is 131 Å². The molecular formula is C13H13ClN4O2S. The maximum absolute atomic E-state index is 11.6. The van der Waals surface area contributed by atoms with Crippen LogP contribution in [0.25, 0.3) is 0 Å². The second-order valence-corrected chi connectivity index (χ2v) is 5.37. The lowest BCUT2D eigenvalue weighted by molar-refractivity contribution is 0.157. The second-order valence-electron chi connectivity index (χ2n) is 4.08. The molecule has 0 atom stereocenters. The maximum atomic E-state index is 11.6. The molecule has 0 fully saturated rings. The molecule has 1 heterocycles. The number of carbonyl (C=O) groups is 1. The third-order valence-corrected chi connectivity index (χ3v) is 3.66. The van der Waals surface area contributed by atoms with Gasteiger partial charge in [-0.1, -0.05) is 16.8 Å². The lowest BCUT2D eigenvalue weighted by Crippen LogP contribution is -2.17. The molecule has 2 rings (SSSR count). The van der Waals surface area contributed by atoms with Crippen LogP contribution in [0.2, 0.25) is 5.02 Å². The van der Waals surface area contributed by atoms with Crippen molar-refractivity contribution in [3.05, 3.63) is 47.2 Å². The highest BCUT2D eigenvalue weighted by Crippen LogP contribution is 2.22. The van der Waals surface area contributed by atoms with Gasteiger partial charge in [0.15, 0.2) is 5.84 Å². The molecule has 1 aromatic heterocycles. The van der Waals surface area contributed by atoms with E-state index in [1.54, 1.807) is 31.5 Å². The summed E-state index contributed by atoms with van der Waals surface area (Å²) in [4.78, 5) is 17.2. The van der Waals surface area contributed by atoms with Crippen LogP contribution in [0.4, 0.5) is 4.79 Å². The van der Waals surface area contributed by atoms with Gasteiger partial charge in [-0.05, 0) is 55.6 Å². The number of halogens is 1. The van der Waals surface area contributed by atoms with Gasteiger partial charge in [-0.15, -0.1) is 0 Å². The smallest absolute Gasteiger partial charge is 0.296 e. The lowest BCUT2D eigenvalue weighted by Gasteiger charge is -2.06. The van der Waals surface area contributed by atoms with E-state index in [0.717, 1.165) is 22.4 Å². The molecule has 6 nitrogen and oxygen atoms in total. The first kappa shape index (κ1) is 15.4. The van der Waals surface area contributed by atoms with Crippen molar-refractivity contribution in [2.24, 2.45) is 5.16 Å². The fourth-order valence-corrected chi connectivity index (χ4v) is 2.27. The molecule has 0 radical (unpaired) electrons. The Morgan fingerprint density at radius 2 is 2.33 bits per heavy atom. The molecule has 21 heavy (non-hydrogen) atoms. The average Bonchev–Trinajstić information content (AvgIpc) is 2.98. The zero-order valence-corrected chi connectivity index (χ0v) is 13.0. The number of oxime groups is 1. The predicted octanol–water partition coefficient (Wildman–Crippen LogP) is 3.46. The van der Waals surface area contributed by atoms with Gasteiger partial charge in [-0.2, -0.15) is 5.10 Å². The minimum Gasteiger partial charge on any atom is -0.296 e. The summed E-state index contributed by atoms with van der Waals surface area (Å²) < 4.78 is 4.03. The number of aromatic nitrogens is 2. The molecule has 1 N–H and O–H groups in total. The summed E-state index contributed by atoms with van der Waals surface area (Å²) in [6, 6.07) is 7.14. The van der Waals surface area contributed by atoms with Crippen LogP contribution in [0.3, 0.4) is 0 Å². The highest BCUT2D eigenvalue weighted by Gasteiger charge is 2.06. The number of aryl methyl sites for hydroxylation is 1. The van der Waals surface area contributed by atoms with Gasteiger partial charge in [0.25, 0.3) is 0 Å². The monoisotopic (exact) mass is 324 g/mol. The second kappa shape index (κ2) is 7.14. The number of amides is 1. The molecule has 0 aliphatic heterocycles. The van der Waals surface area contributed by atoms with E-state index in [0.29, 0.717) is 10.9 Å². The van der Waals surface area contributed by atoms with E-state index in [1.807, 2.05) is 19.1 Å². The minimum atomic E-state index is -0.666. The van der Waals surface area contributed by atoms with E-state index in [1.165, 1.54) is 4.68 Å². The topological polar surface area (TPSA) is 68.5 Å². The molecule has 0 spiro atoms. The van der Waals surface area contributed by atoms with Crippen molar-refractivity contribution in [3.63, 3.8) is 0 Å². The Kier molecular flexibility index (Phi) is 5.24. The van der Waals surface area contributed by atoms with Gasteiger partial charge >= 0.3 is 6.09 Å². The SMILES string of the molecule is C/C(=N\OC(=O)NSc1ccc(Cl)cc1C)n1cccn1. The molecule has 0 aliphatic rings. The summed E-state index contributed by atoms with van der Waals surface area (Å²) in [6.07, 6.45) is 2.64. The van der Waals surface area contributed by atoms with Gasteiger partial charge in [0.05, 0.1) is 0 Å². The van der Waals surface area contributed by atoms with E-state index >= 15 is 0 Å². The minimum absolute atomic E-state index is 0.447. The summed E-state index contributed by atoms with van der Waals surface area (Å²) in [5, 5.41) is 8.30. The highest BCUT2D eigenvalue weighted by atomic mass is 35.5. The van der Waals surface area contributed by atoms with Gasteiger partial charge in [-0.25, -0.2) is 9.48 Å². The number of carbonyl (C=O) groups excluding carboxylic acids is 1. The third-order valence-electron chi connectivity index (χ3n) is 2.48. The summed E-state index contributed by atoms with van der Waals surface area (Å²) in [5.74, 6) is 0.447. The average molecular weight is 325 g/mol. The van der Waals surface area contributed by atoms with Crippen molar-refractivity contribution in [2.75, 3.05) is 0 Å². The van der Waals surface area contributed by atoms with E-state index < -0.39 is 6.09 Å². The molecule has 8 heteroatoms. The first-order valence-electron chi connectivity index (χ1n) is 6.01. The number of hydrogen-bond acceptors (Lipinski definition) is 5. The van der Waals surface area contributed by atoms with Crippen molar-refractivity contribution in [1.82, 2.24) is 14.5 Å². The van der Waals surface area contributed by atoms with Crippen LogP contribution in [0.1, 0.15) is 12.5 Å². The molecular weight excluding hydrogens is 312 g/mol. The molecule has 0 aliphatic carbocycles. The zero-order valence-electron chi connectivity index (χ0n) is 11.4. The maximum Gasteiger partial charge on any atom is 0.443 e. The quantitative estimate of drug-likeness (QED) is 0.309. The van der Waals surface area contributed by atoms with Gasteiger partial charge in [0, 0.05) is 22.3 Å². The summed E-state index contributed by atoms with van der Waals surface area (Å²) in [5.41, 5.74) is 0.962. The molecule has 0 bridgehead atoms. The Morgan fingerprint density at radius 3 is 3.00 bits per heavy atom. The van der Waals surface area contributed by atoms with Crippen LogP contribution >= 0.6 is 23.5 Å². The number of nitrogens with zero attached hydrogens (tertiary/aromatic N) is 3. The highest BCUT2D eigenvalue weighted by molar-refractivity contribution is 7.98. The van der Waals surface area contributed by atoms with Gasteiger partial charge in [0.2, 0.25) is 0 Å². The molecule has 0 saturated heterocycles. The van der Waals surface area contributed by atoms with Crippen molar-refractivity contribution >= 4 is 35.5 Å². The van der Waals surface area contributed by atoms with Crippen molar-refractivity contribution in [3.8, 4) is 0 Å². The molecule has 0 unspecified atom stereocenters. The number of hydrogen-bond donors (Lipinski definition) is 1.